The summed E-state index contributed by atoms with van der Waals surface area (Å²) in [6.07, 6.45) is -5.41. The molecule has 6 nitrogen and oxygen atoms in total. The van der Waals surface area contributed by atoms with Crippen LogP contribution in [0.4, 0.5) is 18.9 Å². The maximum atomic E-state index is 13.2. The fourth-order valence-electron chi connectivity index (χ4n) is 3.05. The molecule has 9 heteroatoms. The van der Waals surface area contributed by atoms with Crippen molar-refractivity contribution in [2.24, 2.45) is 0 Å². The molecular weight excluding hydrogens is 389 g/mol. The number of aliphatic hydroxyl groups is 1. The van der Waals surface area contributed by atoms with Gasteiger partial charge in [0.1, 0.15) is 5.56 Å². The van der Waals surface area contributed by atoms with Gasteiger partial charge in [0, 0.05) is 11.1 Å². The average Bonchev–Trinajstić information content (AvgIpc) is 2.67. The van der Waals surface area contributed by atoms with Crippen LogP contribution >= 0.6 is 0 Å². The minimum Gasteiger partial charge on any atom is -0.465 e. The number of alkyl halides is 3. The fraction of sp³-hybridized carbons (Fsp3) is 0.200. The molecule has 0 saturated carbocycles. The molecule has 0 amide bonds. The van der Waals surface area contributed by atoms with Crippen LogP contribution in [0.3, 0.4) is 0 Å². The summed E-state index contributed by atoms with van der Waals surface area (Å²) in [5, 5.41) is 9.75. The van der Waals surface area contributed by atoms with Crippen LogP contribution in [0.15, 0.2) is 47.3 Å². The molecule has 0 spiro atoms. The number of carbonyl (C=O) groups is 1. The predicted octanol–water partition coefficient (Wildman–Crippen LogP) is 3.43. The third-order valence-electron chi connectivity index (χ3n) is 4.57. The molecule has 3 N–H and O–H groups in total. The number of hydrogen-bond donors (Lipinski definition) is 2. The van der Waals surface area contributed by atoms with Gasteiger partial charge in [-0.05, 0) is 36.8 Å². The van der Waals surface area contributed by atoms with Gasteiger partial charge >= 0.3 is 12.1 Å². The quantitative estimate of drug-likeness (QED) is 0.650. The highest BCUT2D eigenvalue weighted by molar-refractivity contribution is 6.04. The number of nitrogens with two attached hydrogens (primary N) is 1. The van der Waals surface area contributed by atoms with Crippen LogP contribution in [0.2, 0.25) is 0 Å². The molecule has 0 saturated heterocycles. The molecule has 3 rings (SSSR count). The smallest absolute Gasteiger partial charge is 0.416 e. The molecule has 1 heterocycles. The second-order valence-electron chi connectivity index (χ2n) is 6.42. The normalized spacial score (nSPS) is 12.8. The lowest BCUT2D eigenvalue weighted by Crippen LogP contribution is -2.28. The molecule has 2 aromatic carbocycles. The number of halogens is 3. The molecule has 29 heavy (non-hydrogen) atoms. The van der Waals surface area contributed by atoms with E-state index in [9.17, 15) is 27.9 Å². The number of nitrogens with zero attached hydrogens (tertiary/aromatic N) is 1. The number of fused-ring (bicyclic) bond motifs is 1. The number of aromatic nitrogens is 1. The molecule has 0 unspecified atom stereocenters. The van der Waals surface area contributed by atoms with Crippen molar-refractivity contribution in [3.63, 3.8) is 0 Å². The first kappa shape index (κ1) is 20.4. The van der Waals surface area contributed by atoms with Crippen LogP contribution < -0.4 is 11.3 Å². The van der Waals surface area contributed by atoms with Crippen molar-refractivity contribution in [2.75, 3.05) is 12.8 Å². The molecule has 0 fully saturated rings. The Hall–Kier alpha value is -3.33. The van der Waals surface area contributed by atoms with Gasteiger partial charge in [0.15, 0.2) is 0 Å². The van der Waals surface area contributed by atoms with Crippen LogP contribution in [0, 0.1) is 0 Å². The van der Waals surface area contributed by atoms with E-state index in [0.717, 1.165) is 29.9 Å². The van der Waals surface area contributed by atoms with Crippen LogP contribution in [-0.2, 0) is 10.9 Å². The van der Waals surface area contributed by atoms with E-state index >= 15 is 0 Å². The summed E-state index contributed by atoms with van der Waals surface area (Å²) in [4.78, 5) is 25.2. The first-order chi connectivity index (χ1) is 13.6. The summed E-state index contributed by atoms with van der Waals surface area (Å²) in [5.41, 5.74) is 3.96. The monoisotopic (exact) mass is 406 g/mol. The highest BCUT2D eigenvalue weighted by atomic mass is 19.4. The Morgan fingerprint density at radius 1 is 1.17 bits per heavy atom. The van der Waals surface area contributed by atoms with Gasteiger partial charge in [-0.2, -0.15) is 13.2 Å². The Kier molecular flexibility index (Phi) is 5.10. The summed E-state index contributed by atoms with van der Waals surface area (Å²) in [7, 11) is 1.07. The van der Waals surface area contributed by atoms with E-state index in [-0.39, 0.29) is 22.3 Å². The number of aliphatic hydroxyl groups excluding tert-OH is 1. The second-order valence-corrected chi connectivity index (χ2v) is 6.42. The number of rotatable bonds is 3. The fourth-order valence-corrected chi connectivity index (χ4v) is 3.05. The van der Waals surface area contributed by atoms with Crippen molar-refractivity contribution in [1.82, 2.24) is 4.57 Å². The van der Waals surface area contributed by atoms with Crippen LogP contribution in [0.25, 0.3) is 16.6 Å². The third kappa shape index (κ3) is 3.56. The molecule has 3 aromatic rings. The Morgan fingerprint density at radius 3 is 2.31 bits per heavy atom. The number of pyridine rings is 1. The second kappa shape index (κ2) is 7.25. The first-order valence-electron chi connectivity index (χ1n) is 8.48. The lowest BCUT2D eigenvalue weighted by molar-refractivity contribution is -0.137. The number of ether oxygens (including phenoxy) is 1. The van der Waals surface area contributed by atoms with E-state index in [1.165, 1.54) is 24.3 Å². The van der Waals surface area contributed by atoms with Crippen LogP contribution in [0.5, 0.6) is 0 Å². The van der Waals surface area contributed by atoms with E-state index in [1.807, 2.05) is 0 Å². The summed E-state index contributed by atoms with van der Waals surface area (Å²) in [6.45, 7) is 1.55. The van der Waals surface area contributed by atoms with E-state index in [2.05, 4.69) is 4.74 Å². The maximum absolute atomic E-state index is 13.2. The zero-order valence-electron chi connectivity index (χ0n) is 15.4. The summed E-state index contributed by atoms with van der Waals surface area (Å²) in [5.74, 6) is -0.997. The van der Waals surface area contributed by atoms with Crippen molar-refractivity contribution in [3.05, 3.63) is 69.5 Å². The number of benzene rings is 2. The van der Waals surface area contributed by atoms with Crippen molar-refractivity contribution in [2.45, 2.75) is 19.2 Å². The van der Waals surface area contributed by atoms with E-state index in [4.69, 9.17) is 5.73 Å². The van der Waals surface area contributed by atoms with E-state index in [1.54, 1.807) is 6.92 Å². The molecule has 0 aliphatic carbocycles. The number of anilines is 1. The SMILES string of the molecule is COC(=O)c1c(N)c2ccc(C(F)(F)F)cc2n(-c2ccc([C@@H](C)O)cc2)c1=O. The zero-order valence-corrected chi connectivity index (χ0v) is 15.4. The molecule has 0 bridgehead atoms. The Balaban J connectivity index is 2.44. The number of hydrogen-bond acceptors (Lipinski definition) is 5. The summed E-state index contributed by atoms with van der Waals surface area (Å²) >= 11 is 0. The van der Waals surface area contributed by atoms with Gasteiger partial charge in [0.05, 0.1) is 30.0 Å². The highest BCUT2D eigenvalue weighted by Gasteiger charge is 2.32. The predicted molar refractivity (Wildman–Crippen MR) is 101 cm³/mol. The van der Waals surface area contributed by atoms with Crippen LogP contribution in [0.1, 0.15) is 34.5 Å². The van der Waals surface area contributed by atoms with Crippen molar-refractivity contribution >= 4 is 22.6 Å². The number of nitrogen functional groups attached to an aromatic ring is 1. The van der Waals surface area contributed by atoms with Gasteiger partial charge in [-0.3, -0.25) is 9.36 Å². The van der Waals surface area contributed by atoms with Gasteiger partial charge in [0.2, 0.25) is 0 Å². The Bertz CT molecular complexity index is 1150. The Morgan fingerprint density at radius 2 is 1.79 bits per heavy atom. The minimum atomic E-state index is -4.64. The van der Waals surface area contributed by atoms with Gasteiger partial charge < -0.3 is 15.6 Å². The zero-order chi connectivity index (χ0) is 21.5. The van der Waals surface area contributed by atoms with Gasteiger partial charge in [-0.1, -0.05) is 18.2 Å². The molecule has 1 atom stereocenters. The summed E-state index contributed by atoms with van der Waals surface area (Å²) < 4.78 is 45.3. The minimum absolute atomic E-state index is 0.0950. The van der Waals surface area contributed by atoms with Crippen molar-refractivity contribution < 1.29 is 27.8 Å². The van der Waals surface area contributed by atoms with Crippen molar-refractivity contribution in [3.8, 4) is 5.69 Å². The lowest BCUT2D eigenvalue weighted by Gasteiger charge is -2.17. The molecule has 0 radical (unpaired) electrons. The molecule has 0 aliphatic heterocycles. The van der Waals surface area contributed by atoms with Crippen molar-refractivity contribution in [1.29, 1.82) is 0 Å². The topological polar surface area (TPSA) is 94.6 Å². The summed E-state index contributed by atoms with van der Waals surface area (Å²) in [6, 6.07) is 8.71. The van der Waals surface area contributed by atoms with E-state index < -0.39 is 34.9 Å². The number of methoxy groups -OCH3 is 1. The molecule has 0 aliphatic rings. The molecule has 152 valence electrons. The third-order valence-corrected chi connectivity index (χ3v) is 4.57. The maximum Gasteiger partial charge on any atom is 0.416 e. The van der Waals surface area contributed by atoms with Gasteiger partial charge in [-0.25, -0.2) is 4.79 Å². The highest BCUT2D eigenvalue weighted by Crippen LogP contribution is 2.34. The van der Waals surface area contributed by atoms with Crippen LogP contribution in [-0.4, -0.2) is 22.8 Å². The first-order valence-corrected chi connectivity index (χ1v) is 8.48. The molecular formula is C20H17F3N2O4. The van der Waals surface area contributed by atoms with Gasteiger partial charge in [0.25, 0.3) is 5.56 Å². The lowest BCUT2D eigenvalue weighted by atomic mass is 10.0. The standard InChI is InChI=1S/C20H17F3N2O4/c1-10(26)11-3-6-13(7-4-11)25-15-9-12(20(21,22)23)5-8-14(15)17(24)16(18(25)27)19(28)29-2/h3-10,26H,24H2,1-2H3/t10-/m1/s1. The average molecular weight is 406 g/mol. The van der Waals surface area contributed by atoms with Gasteiger partial charge in [-0.15, -0.1) is 0 Å². The Labute approximate surface area is 162 Å². The largest absolute Gasteiger partial charge is 0.465 e. The molecule has 1 aromatic heterocycles. The van der Waals surface area contributed by atoms with E-state index in [0.29, 0.717) is 5.56 Å². The number of carbonyl (C=O) groups excluding carboxylic acids is 1. The number of esters is 1.